The number of hydrogen-bond donors (Lipinski definition) is 0. The third-order valence-electron chi connectivity index (χ3n) is 3.99. The molecule has 0 amide bonds. The number of Topliss-reactive ketones (excluding diaryl/α,β-unsaturated/α-hetero) is 1. The van der Waals surface area contributed by atoms with E-state index in [4.69, 9.17) is 0 Å². The molecular formula is C16H30O4S. The summed E-state index contributed by atoms with van der Waals surface area (Å²) >= 11 is 0. The van der Waals surface area contributed by atoms with Crippen molar-refractivity contribution in [3.8, 4) is 0 Å². The van der Waals surface area contributed by atoms with Crippen molar-refractivity contribution in [3.63, 3.8) is 0 Å². The molecule has 0 aromatic rings. The van der Waals surface area contributed by atoms with E-state index in [-0.39, 0.29) is 5.78 Å². The average molecular weight is 318 g/mol. The highest BCUT2D eigenvalue weighted by molar-refractivity contribution is 7.93. The number of unbranched alkanes of at least 4 members (excludes halogenated alkanes) is 11. The van der Waals surface area contributed by atoms with E-state index < -0.39 is 15.6 Å². The Balaban J connectivity index is 1.78. The van der Waals surface area contributed by atoms with Crippen molar-refractivity contribution < 1.29 is 17.4 Å². The first-order chi connectivity index (χ1) is 10.1. The predicted octanol–water partition coefficient (Wildman–Crippen LogP) is 4.33. The maximum Gasteiger partial charge on any atom is 0.305 e. The number of carbonyl (C=O) groups is 1. The van der Waals surface area contributed by atoms with E-state index in [9.17, 15) is 13.2 Å². The summed E-state index contributed by atoms with van der Waals surface area (Å²) in [5.74, 6) is -0.276. The fraction of sp³-hybridized carbons (Fsp3) is 0.938. The second kappa shape index (κ2) is 10.3. The molecule has 1 heterocycles. The monoisotopic (exact) mass is 318 g/mol. The molecule has 1 aliphatic rings. The SMILES string of the molecule is CCCCCCCCCCCCCCC(=O)C1OS1(=O)=O. The number of rotatable bonds is 14. The van der Waals surface area contributed by atoms with Gasteiger partial charge in [0.15, 0.2) is 5.78 Å². The predicted molar refractivity (Wildman–Crippen MR) is 84.5 cm³/mol. The Kier molecular flexibility index (Phi) is 9.16. The van der Waals surface area contributed by atoms with Crippen LogP contribution in [0.5, 0.6) is 0 Å². The Hall–Kier alpha value is -0.420. The molecule has 4 nitrogen and oxygen atoms in total. The van der Waals surface area contributed by atoms with Crippen LogP contribution in [0.25, 0.3) is 0 Å². The largest absolute Gasteiger partial charge is 0.305 e. The highest BCUT2D eigenvalue weighted by atomic mass is 32.2. The summed E-state index contributed by atoms with van der Waals surface area (Å²) in [5, 5.41) is 0. The smallest absolute Gasteiger partial charge is 0.295 e. The fourth-order valence-electron chi connectivity index (χ4n) is 2.57. The van der Waals surface area contributed by atoms with Gasteiger partial charge in [0.25, 0.3) is 5.44 Å². The molecule has 1 atom stereocenters. The average Bonchev–Trinajstić information content (AvgIpc) is 3.09. The number of hydrogen-bond acceptors (Lipinski definition) is 4. The van der Waals surface area contributed by atoms with Gasteiger partial charge >= 0.3 is 10.1 Å². The van der Waals surface area contributed by atoms with Gasteiger partial charge in [0, 0.05) is 6.42 Å². The third kappa shape index (κ3) is 8.57. The Morgan fingerprint density at radius 3 is 1.57 bits per heavy atom. The van der Waals surface area contributed by atoms with Crippen molar-refractivity contribution in [2.45, 2.75) is 95.8 Å². The van der Waals surface area contributed by atoms with Crippen LogP contribution < -0.4 is 0 Å². The lowest BCUT2D eigenvalue weighted by molar-refractivity contribution is -0.120. The summed E-state index contributed by atoms with van der Waals surface area (Å²) in [5.41, 5.74) is -1.13. The van der Waals surface area contributed by atoms with Gasteiger partial charge in [0.05, 0.1) is 0 Å². The highest BCUT2D eigenvalue weighted by Gasteiger charge is 2.51. The van der Waals surface area contributed by atoms with Crippen LogP contribution in [-0.2, 0) is 19.1 Å². The molecule has 0 aliphatic carbocycles. The molecule has 1 saturated heterocycles. The van der Waals surface area contributed by atoms with E-state index in [0.29, 0.717) is 6.42 Å². The van der Waals surface area contributed by atoms with Crippen molar-refractivity contribution in [1.29, 1.82) is 0 Å². The van der Waals surface area contributed by atoms with E-state index in [2.05, 4.69) is 11.1 Å². The van der Waals surface area contributed by atoms with Gasteiger partial charge in [-0.1, -0.05) is 77.6 Å². The summed E-state index contributed by atoms with van der Waals surface area (Å²) in [6.07, 6.45) is 15.2. The summed E-state index contributed by atoms with van der Waals surface area (Å²) < 4.78 is 25.9. The summed E-state index contributed by atoms with van der Waals surface area (Å²) in [6, 6.07) is 0. The molecule has 1 rings (SSSR count). The topological polar surface area (TPSA) is 63.7 Å². The van der Waals surface area contributed by atoms with E-state index in [1.165, 1.54) is 57.8 Å². The number of ketones is 1. The van der Waals surface area contributed by atoms with Gasteiger partial charge in [-0.15, -0.1) is 0 Å². The Morgan fingerprint density at radius 2 is 1.19 bits per heavy atom. The molecule has 21 heavy (non-hydrogen) atoms. The molecule has 1 unspecified atom stereocenters. The third-order valence-corrected chi connectivity index (χ3v) is 5.14. The first-order valence-corrected chi connectivity index (χ1v) is 10.00. The zero-order valence-electron chi connectivity index (χ0n) is 13.3. The molecule has 0 spiro atoms. The molecule has 0 aromatic carbocycles. The van der Waals surface area contributed by atoms with E-state index in [1.54, 1.807) is 0 Å². The van der Waals surface area contributed by atoms with Gasteiger partial charge in [-0.3, -0.25) is 4.79 Å². The van der Waals surface area contributed by atoms with Crippen LogP contribution in [0.1, 0.15) is 90.4 Å². The standard InChI is InChI=1S/C16H30O4S/c1-2-3-4-5-6-7-8-9-10-11-12-13-14-15(17)16-20-21(16,18)19/h16H,2-14H2,1H3. The normalized spacial score (nSPS) is 19.6. The lowest BCUT2D eigenvalue weighted by Crippen LogP contribution is -2.07. The maximum atomic E-state index is 11.4. The van der Waals surface area contributed by atoms with Gasteiger partial charge in [0.2, 0.25) is 0 Å². The highest BCUT2D eigenvalue weighted by Crippen LogP contribution is 2.26. The van der Waals surface area contributed by atoms with Crippen molar-refractivity contribution in [2.75, 3.05) is 0 Å². The molecule has 5 heteroatoms. The molecule has 0 N–H and O–H groups in total. The minimum atomic E-state index is -3.47. The minimum absolute atomic E-state index is 0.276. The first kappa shape index (κ1) is 18.6. The second-order valence-corrected chi connectivity index (χ2v) is 7.63. The minimum Gasteiger partial charge on any atom is -0.295 e. The quantitative estimate of drug-likeness (QED) is 0.353. The molecule has 0 radical (unpaired) electrons. The van der Waals surface area contributed by atoms with Gasteiger partial charge in [-0.05, 0) is 6.42 Å². The summed E-state index contributed by atoms with van der Waals surface area (Å²) in [4.78, 5) is 11.4. The van der Waals surface area contributed by atoms with Gasteiger partial charge in [-0.25, -0.2) is 4.18 Å². The van der Waals surface area contributed by atoms with Gasteiger partial charge in [-0.2, -0.15) is 8.42 Å². The van der Waals surface area contributed by atoms with Crippen molar-refractivity contribution in [1.82, 2.24) is 0 Å². The Morgan fingerprint density at radius 1 is 0.810 bits per heavy atom. The summed E-state index contributed by atoms with van der Waals surface area (Å²) in [7, 11) is -3.47. The van der Waals surface area contributed by atoms with Crippen LogP contribution >= 0.6 is 0 Å². The molecule has 1 aliphatic heterocycles. The molecular weight excluding hydrogens is 288 g/mol. The van der Waals surface area contributed by atoms with Gasteiger partial charge < -0.3 is 0 Å². The first-order valence-electron chi connectivity index (χ1n) is 8.52. The van der Waals surface area contributed by atoms with Crippen LogP contribution in [0, 0.1) is 0 Å². The van der Waals surface area contributed by atoms with Crippen molar-refractivity contribution >= 4 is 15.9 Å². The maximum absolute atomic E-state index is 11.4. The summed E-state index contributed by atoms with van der Waals surface area (Å²) in [6.45, 7) is 2.24. The fourth-order valence-corrected chi connectivity index (χ4v) is 3.51. The van der Waals surface area contributed by atoms with E-state index in [1.807, 2.05) is 0 Å². The van der Waals surface area contributed by atoms with E-state index >= 15 is 0 Å². The lowest BCUT2D eigenvalue weighted by Gasteiger charge is -2.02. The molecule has 0 bridgehead atoms. The number of carbonyl (C=O) groups excluding carboxylic acids is 1. The van der Waals surface area contributed by atoms with Crippen molar-refractivity contribution in [2.24, 2.45) is 0 Å². The molecule has 0 aromatic heterocycles. The molecule has 1 fully saturated rings. The van der Waals surface area contributed by atoms with Crippen LogP contribution in [0.3, 0.4) is 0 Å². The van der Waals surface area contributed by atoms with Crippen LogP contribution in [0.2, 0.25) is 0 Å². The second-order valence-electron chi connectivity index (χ2n) is 6.03. The Labute approximate surface area is 129 Å². The zero-order valence-corrected chi connectivity index (χ0v) is 14.1. The van der Waals surface area contributed by atoms with Crippen LogP contribution in [0.4, 0.5) is 0 Å². The van der Waals surface area contributed by atoms with Crippen LogP contribution in [0.15, 0.2) is 0 Å². The van der Waals surface area contributed by atoms with Crippen LogP contribution in [-0.4, -0.2) is 19.6 Å². The zero-order chi connectivity index (χ0) is 15.6. The molecule has 0 saturated carbocycles. The van der Waals surface area contributed by atoms with Gasteiger partial charge in [0.1, 0.15) is 0 Å². The molecule has 124 valence electrons. The van der Waals surface area contributed by atoms with Crippen molar-refractivity contribution in [3.05, 3.63) is 0 Å². The van der Waals surface area contributed by atoms with E-state index in [0.717, 1.165) is 19.3 Å². The Bertz CT molecular complexity index is 389. The lowest BCUT2D eigenvalue weighted by atomic mass is 10.0.